The Hall–Kier alpha value is -2.23. The van der Waals surface area contributed by atoms with Crippen molar-refractivity contribution in [2.75, 3.05) is 6.54 Å². The lowest BCUT2D eigenvalue weighted by atomic mass is 10.3. The maximum absolute atomic E-state index is 11.8. The van der Waals surface area contributed by atoms with Crippen molar-refractivity contribution < 1.29 is 9.72 Å². The van der Waals surface area contributed by atoms with Crippen LogP contribution in [0.1, 0.15) is 24.2 Å². The predicted octanol–water partition coefficient (Wildman–Crippen LogP) is 1.96. The molecule has 0 aliphatic heterocycles. The zero-order valence-electron chi connectivity index (χ0n) is 13.5. The SMILES string of the molecule is Cc1nn(CCCNC(=O)CCn2ncc([N+](=O)[O-])c2C)cc1Br. The second-order valence-electron chi connectivity index (χ2n) is 5.37. The molecule has 0 aliphatic carbocycles. The Kier molecular flexibility index (Phi) is 6.07. The highest BCUT2D eigenvalue weighted by molar-refractivity contribution is 9.10. The summed E-state index contributed by atoms with van der Waals surface area (Å²) in [5.41, 5.74) is 1.35. The molecule has 24 heavy (non-hydrogen) atoms. The van der Waals surface area contributed by atoms with Crippen LogP contribution in [0.2, 0.25) is 0 Å². The largest absolute Gasteiger partial charge is 0.356 e. The summed E-state index contributed by atoms with van der Waals surface area (Å²) in [6, 6.07) is 0. The van der Waals surface area contributed by atoms with E-state index in [1.807, 2.05) is 17.8 Å². The molecule has 0 radical (unpaired) electrons. The maximum atomic E-state index is 11.8. The monoisotopic (exact) mass is 398 g/mol. The average Bonchev–Trinajstić information content (AvgIpc) is 3.04. The van der Waals surface area contributed by atoms with Crippen molar-refractivity contribution in [2.24, 2.45) is 0 Å². The Morgan fingerprint density at radius 3 is 2.75 bits per heavy atom. The summed E-state index contributed by atoms with van der Waals surface area (Å²) >= 11 is 3.40. The summed E-state index contributed by atoms with van der Waals surface area (Å²) in [6.45, 7) is 5.12. The molecular formula is C14H19BrN6O3. The van der Waals surface area contributed by atoms with Crippen molar-refractivity contribution >= 4 is 27.5 Å². The summed E-state index contributed by atoms with van der Waals surface area (Å²) in [4.78, 5) is 22.1. The number of aromatic nitrogens is 4. The van der Waals surface area contributed by atoms with Gasteiger partial charge in [0.1, 0.15) is 11.9 Å². The quantitative estimate of drug-likeness (QED) is 0.415. The van der Waals surface area contributed by atoms with Gasteiger partial charge in [-0.2, -0.15) is 10.2 Å². The lowest BCUT2D eigenvalue weighted by Crippen LogP contribution is -2.26. The first-order valence-corrected chi connectivity index (χ1v) is 8.31. The van der Waals surface area contributed by atoms with Crippen molar-refractivity contribution in [3.8, 4) is 0 Å². The van der Waals surface area contributed by atoms with Gasteiger partial charge >= 0.3 is 5.69 Å². The molecule has 0 atom stereocenters. The summed E-state index contributed by atoms with van der Waals surface area (Å²) in [5, 5.41) is 21.8. The molecule has 2 aromatic heterocycles. The number of carbonyl (C=O) groups excluding carboxylic acids is 1. The molecule has 2 aromatic rings. The number of hydrogen-bond donors (Lipinski definition) is 1. The second kappa shape index (κ2) is 8.04. The third-order valence-corrected chi connectivity index (χ3v) is 4.38. The van der Waals surface area contributed by atoms with Gasteiger partial charge in [0, 0.05) is 25.7 Å². The summed E-state index contributed by atoms with van der Waals surface area (Å²) in [6.07, 6.45) is 4.11. The predicted molar refractivity (Wildman–Crippen MR) is 90.5 cm³/mol. The number of halogens is 1. The van der Waals surface area contributed by atoms with Crippen molar-refractivity contribution in [2.45, 2.75) is 39.8 Å². The fourth-order valence-corrected chi connectivity index (χ4v) is 2.53. The number of nitrogens with one attached hydrogen (secondary N) is 1. The molecule has 10 heteroatoms. The summed E-state index contributed by atoms with van der Waals surface area (Å²) in [7, 11) is 0. The Morgan fingerprint density at radius 2 is 2.17 bits per heavy atom. The second-order valence-corrected chi connectivity index (χ2v) is 6.23. The van der Waals surface area contributed by atoms with Crippen LogP contribution < -0.4 is 5.32 Å². The van der Waals surface area contributed by atoms with Gasteiger partial charge in [0.2, 0.25) is 5.91 Å². The number of carbonyl (C=O) groups is 1. The van der Waals surface area contributed by atoms with Crippen LogP contribution in [-0.2, 0) is 17.9 Å². The topological polar surface area (TPSA) is 108 Å². The van der Waals surface area contributed by atoms with Crippen LogP contribution >= 0.6 is 15.9 Å². The maximum Gasteiger partial charge on any atom is 0.309 e. The van der Waals surface area contributed by atoms with E-state index in [-0.39, 0.29) is 18.0 Å². The molecule has 0 aromatic carbocycles. The fourth-order valence-electron chi connectivity index (χ4n) is 2.21. The molecule has 9 nitrogen and oxygen atoms in total. The first kappa shape index (κ1) is 18.1. The standard InChI is InChI=1S/C14H19BrN6O3/c1-10-12(15)9-19(18-10)6-3-5-16-14(22)4-7-20-11(2)13(8-17-20)21(23)24/h8-9H,3-7H2,1-2H3,(H,16,22). The van der Waals surface area contributed by atoms with Crippen LogP contribution in [0.5, 0.6) is 0 Å². The number of aryl methyl sites for hydroxylation is 3. The average molecular weight is 399 g/mol. The van der Waals surface area contributed by atoms with Crippen molar-refractivity contribution in [1.29, 1.82) is 0 Å². The fraction of sp³-hybridized carbons (Fsp3) is 0.500. The third-order valence-electron chi connectivity index (χ3n) is 3.60. The molecule has 0 saturated heterocycles. The molecule has 0 spiro atoms. The minimum Gasteiger partial charge on any atom is -0.356 e. The van der Waals surface area contributed by atoms with E-state index < -0.39 is 4.92 Å². The van der Waals surface area contributed by atoms with Crippen LogP contribution in [0.25, 0.3) is 0 Å². The zero-order valence-corrected chi connectivity index (χ0v) is 15.1. The highest BCUT2D eigenvalue weighted by Gasteiger charge is 2.16. The molecule has 0 aliphatic rings. The Labute approximate surface area is 147 Å². The third kappa shape index (κ3) is 4.63. The van der Waals surface area contributed by atoms with E-state index in [4.69, 9.17) is 0 Å². The van der Waals surface area contributed by atoms with Gasteiger partial charge in [0.15, 0.2) is 0 Å². The Bertz CT molecular complexity index is 719. The number of nitrogens with zero attached hydrogens (tertiary/aromatic N) is 5. The highest BCUT2D eigenvalue weighted by Crippen LogP contribution is 2.16. The van der Waals surface area contributed by atoms with Crippen molar-refractivity contribution in [1.82, 2.24) is 24.9 Å². The zero-order chi connectivity index (χ0) is 17.7. The molecule has 1 N–H and O–H groups in total. The normalized spacial score (nSPS) is 10.8. The van der Waals surface area contributed by atoms with Crippen molar-refractivity contribution in [3.63, 3.8) is 0 Å². The van der Waals surface area contributed by atoms with E-state index in [1.54, 1.807) is 6.92 Å². The minimum atomic E-state index is -0.478. The molecule has 2 rings (SSSR count). The molecule has 1 amide bonds. The number of rotatable bonds is 8. The molecule has 130 valence electrons. The van der Waals surface area contributed by atoms with Gasteiger partial charge in [-0.05, 0) is 36.2 Å². The Morgan fingerprint density at radius 1 is 1.42 bits per heavy atom. The van der Waals surface area contributed by atoms with E-state index >= 15 is 0 Å². The van der Waals surface area contributed by atoms with Gasteiger partial charge < -0.3 is 5.32 Å². The summed E-state index contributed by atoms with van der Waals surface area (Å²) < 4.78 is 4.27. The minimum absolute atomic E-state index is 0.0314. The Balaban J connectivity index is 1.69. The van der Waals surface area contributed by atoms with Crippen LogP contribution in [0.15, 0.2) is 16.9 Å². The highest BCUT2D eigenvalue weighted by atomic mass is 79.9. The van der Waals surface area contributed by atoms with E-state index in [0.717, 1.165) is 23.1 Å². The van der Waals surface area contributed by atoms with Crippen LogP contribution in [-0.4, -0.2) is 36.9 Å². The van der Waals surface area contributed by atoms with E-state index in [1.165, 1.54) is 10.9 Å². The van der Waals surface area contributed by atoms with E-state index in [9.17, 15) is 14.9 Å². The molecule has 0 saturated carbocycles. The number of nitro groups is 1. The van der Waals surface area contributed by atoms with Gasteiger partial charge in [-0.25, -0.2) is 0 Å². The first-order valence-electron chi connectivity index (χ1n) is 7.51. The first-order chi connectivity index (χ1) is 11.4. The molecular weight excluding hydrogens is 380 g/mol. The molecule has 0 fully saturated rings. The summed E-state index contributed by atoms with van der Waals surface area (Å²) in [5.74, 6) is -0.106. The number of hydrogen-bond acceptors (Lipinski definition) is 5. The van der Waals surface area contributed by atoms with E-state index in [2.05, 4.69) is 31.4 Å². The van der Waals surface area contributed by atoms with Gasteiger partial charge in [0.05, 0.1) is 21.6 Å². The van der Waals surface area contributed by atoms with Crippen LogP contribution in [0.4, 0.5) is 5.69 Å². The lowest BCUT2D eigenvalue weighted by molar-refractivity contribution is -0.385. The van der Waals surface area contributed by atoms with E-state index in [0.29, 0.717) is 18.8 Å². The van der Waals surface area contributed by atoms with Gasteiger partial charge in [0.25, 0.3) is 0 Å². The molecule has 2 heterocycles. The van der Waals surface area contributed by atoms with Crippen LogP contribution in [0.3, 0.4) is 0 Å². The molecule has 0 bridgehead atoms. The lowest BCUT2D eigenvalue weighted by Gasteiger charge is -2.06. The molecule has 0 unspecified atom stereocenters. The smallest absolute Gasteiger partial charge is 0.309 e. The van der Waals surface area contributed by atoms with Gasteiger partial charge in [-0.15, -0.1) is 0 Å². The van der Waals surface area contributed by atoms with Crippen LogP contribution in [0, 0.1) is 24.0 Å². The number of amides is 1. The van der Waals surface area contributed by atoms with Gasteiger partial charge in [-0.3, -0.25) is 24.3 Å². The van der Waals surface area contributed by atoms with Crippen molar-refractivity contribution in [3.05, 3.63) is 38.4 Å². The van der Waals surface area contributed by atoms with Gasteiger partial charge in [-0.1, -0.05) is 0 Å².